The van der Waals surface area contributed by atoms with Gasteiger partial charge in [-0.3, -0.25) is 0 Å². The van der Waals surface area contributed by atoms with Gasteiger partial charge in [0.1, 0.15) is 0 Å². The largest absolute Gasteiger partial charge is 0.310 e. The van der Waals surface area contributed by atoms with Gasteiger partial charge in [-0.2, -0.15) is 0 Å². The maximum Gasteiger partial charge on any atom is 0.0468 e. The first-order valence-corrected chi connectivity index (χ1v) is 19.3. The molecule has 8 aromatic rings. The smallest absolute Gasteiger partial charge is 0.0468 e. The second-order valence-electron chi connectivity index (χ2n) is 14.4. The summed E-state index contributed by atoms with van der Waals surface area (Å²) in [7, 11) is 0. The molecule has 0 atom stereocenters. The van der Waals surface area contributed by atoms with Crippen molar-refractivity contribution in [1.82, 2.24) is 0 Å². The van der Waals surface area contributed by atoms with E-state index in [-0.39, 0.29) is 0 Å². The molecule has 0 saturated carbocycles. The van der Waals surface area contributed by atoms with Crippen molar-refractivity contribution in [1.29, 1.82) is 0 Å². The van der Waals surface area contributed by atoms with E-state index in [1.807, 2.05) is 0 Å². The second-order valence-corrected chi connectivity index (χ2v) is 14.4. The van der Waals surface area contributed by atoms with Crippen molar-refractivity contribution in [2.24, 2.45) is 0 Å². The third kappa shape index (κ3) is 5.48. The first-order chi connectivity index (χ1) is 27.7. The number of nitrogens with zero attached hydrogens (tertiary/aromatic N) is 1. The van der Waals surface area contributed by atoms with Gasteiger partial charge in [-0.15, -0.1) is 0 Å². The summed E-state index contributed by atoms with van der Waals surface area (Å²) in [4.78, 5) is 2.40. The number of para-hydroxylation sites is 1. The number of hydrogen-bond acceptors (Lipinski definition) is 1. The van der Waals surface area contributed by atoms with E-state index < -0.39 is 0 Å². The number of rotatable bonds is 4. The lowest BCUT2D eigenvalue weighted by molar-refractivity contribution is 1.24. The lowest BCUT2D eigenvalue weighted by Gasteiger charge is -2.29. The van der Waals surface area contributed by atoms with E-state index in [0.717, 1.165) is 39.3 Å². The zero-order chi connectivity index (χ0) is 37.6. The Kier molecular flexibility index (Phi) is 8.27. The number of benzene rings is 8. The van der Waals surface area contributed by atoms with E-state index in [4.69, 9.17) is 6.58 Å². The highest BCUT2D eigenvalue weighted by molar-refractivity contribution is 6.13. The Morgan fingerprint density at radius 3 is 1.32 bits per heavy atom. The van der Waals surface area contributed by atoms with E-state index in [9.17, 15) is 0 Å². The number of hydrogen-bond donors (Lipinski definition) is 0. The minimum absolute atomic E-state index is 1.01. The molecular weight excluding hydrogens is 675 g/mol. The molecule has 2 aliphatic rings. The lowest BCUT2D eigenvalue weighted by Crippen LogP contribution is -2.11. The molecule has 0 saturated heterocycles. The number of allylic oxidation sites excluding steroid dienone is 5. The zero-order valence-corrected chi connectivity index (χ0v) is 31.3. The average molecular weight is 714 g/mol. The summed E-state index contributed by atoms with van der Waals surface area (Å²) >= 11 is 0. The Balaban J connectivity index is 1.30. The maximum absolute atomic E-state index is 4.76. The lowest BCUT2D eigenvalue weighted by atomic mass is 9.79. The van der Waals surface area contributed by atoms with Crippen molar-refractivity contribution in [2.75, 3.05) is 4.90 Å². The zero-order valence-electron chi connectivity index (χ0n) is 31.3. The molecule has 1 nitrogen and oxygen atoms in total. The topological polar surface area (TPSA) is 3.24 Å². The third-order valence-corrected chi connectivity index (χ3v) is 11.3. The molecule has 0 aliphatic heterocycles. The van der Waals surface area contributed by atoms with Gasteiger partial charge in [0.15, 0.2) is 0 Å². The summed E-state index contributed by atoms with van der Waals surface area (Å²) in [5.74, 6) is 0. The van der Waals surface area contributed by atoms with E-state index in [1.165, 1.54) is 64.0 Å². The molecule has 0 amide bonds. The van der Waals surface area contributed by atoms with Gasteiger partial charge < -0.3 is 4.90 Å². The van der Waals surface area contributed by atoms with Gasteiger partial charge >= 0.3 is 0 Å². The molecule has 0 aromatic heterocycles. The van der Waals surface area contributed by atoms with Gasteiger partial charge in [0.25, 0.3) is 0 Å². The minimum Gasteiger partial charge on any atom is -0.310 e. The van der Waals surface area contributed by atoms with E-state index in [1.54, 1.807) is 0 Å². The van der Waals surface area contributed by atoms with Crippen LogP contribution in [0, 0.1) is 41.7 Å². The van der Waals surface area contributed by atoms with Crippen LogP contribution in [-0.4, -0.2) is 0 Å². The first kappa shape index (κ1) is 33.4. The van der Waals surface area contributed by atoms with Crippen molar-refractivity contribution >= 4 is 28.2 Å². The fraction of sp³-hybridized carbons (Fsp3) is 0.0182. The quantitative estimate of drug-likeness (QED) is 0.175. The average Bonchev–Trinajstić information content (AvgIpc) is 3.26. The third-order valence-electron chi connectivity index (χ3n) is 11.3. The Bertz CT molecular complexity index is 3330. The molecule has 264 valence electrons. The highest BCUT2D eigenvalue weighted by Crippen LogP contribution is 2.48. The van der Waals surface area contributed by atoms with Gasteiger partial charge in [-0.05, 0) is 130 Å². The molecular formula is C55H39N. The maximum atomic E-state index is 4.76. The Hall–Kier alpha value is -7.22. The molecule has 0 fully saturated rings. The van der Waals surface area contributed by atoms with Gasteiger partial charge in [-0.1, -0.05) is 176 Å². The molecule has 8 aromatic carbocycles. The normalized spacial score (nSPS) is 13.1. The van der Waals surface area contributed by atoms with E-state index >= 15 is 0 Å². The summed E-state index contributed by atoms with van der Waals surface area (Å²) in [6.07, 6.45) is 6.44. The number of fused-ring (bicyclic) bond motifs is 9. The fourth-order valence-corrected chi connectivity index (χ4v) is 8.77. The second kappa shape index (κ2) is 13.9. The van der Waals surface area contributed by atoms with Gasteiger partial charge in [-0.25, -0.2) is 0 Å². The summed E-state index contributed by atoms with van der Waals surface area (Å²) in [6.45, 7) is 6.82. The van der Waals surface area contributed by atoms with Crippen LogP contribution in [0.5, 0.6) is 0 Å². The highest BCUT2D eigenvalue weighted by atomic mass is 15.1. The highest BCUT2D eigenvalue weighted by Gasteiger charge is 2.24. The summed E-state index contributed by atoms with van der Waals surface area (Å²) < 4.78 is 0. The van der Waals surface area contributed by atoms with Crippen LogP contribution >= 0.6 is 0 Å². The van der Waals surface area contributed by atoms with Crippen LogP contribution in [0.4, 0.5) is 17.1 Å². The molecule has 0 N–H and O–H groups in total. The van der Waals surface area contributed by atoms with Crippen LogP contribution < -0.4 is 4.90 Å². The SMILES string of the molecule is C=C1C(=CC=CC)c2cc(N(c3ccccc3)c3ccc4c(c3)=c3ccccc3=c3ccccc3=c3ccccc3=4)ccc2-c2ccccc2-c2ccccc21. The van der Waals surface area contributed by atoms with Gasteiger partial charge in [0.05, 0.1) is 0 Å². The molecule has 0 heterocycles. The minimum atomic E-state index is 1.01. The molecule has 0 unspecified atom stereocenters. The summed E-state index contributed by atoms with van der Waals surface area (Å²) in [5, 5.41) is 9.87. The molecule has 1 heteroatoms. The summed E-state index contributed by atoms with van der Waals surface area (Å²) in [6, 6.07) is 68.7. The van der Waals surface area contributed by atoms with Crippen molar-refractivity contribution in [3.63, 3.8) is 0 Å². The van der Waals surface area contributed by atoms with Crippen LogP contribution in [0.1, 0.15) is 18.1 Å². The Morgan fingerprint density at radius 1 is 0.357 bits per heavy atom. The number of anilines is 3. The van der Waals surface area contributed by atoms with Crippen molar-refractivity contribution < 1.29 is 0 Å². The van der Waals surface area contributed by atoms with Crippen LogP contribution in [0.2, 0.25) is 0 Å². The Labute approximate surface area is 326 Å². The molecule has 10 rings (SSSR count). The van der Waals surface area contributed by atoms with Crippen LogP contribution in [0.3, 0.4) is 0 Å². The molecule has 56 heavy (non-hydrogen) atoms. The van der Waals surface area contributed by atoms with Crippen molar-refractivity contribution in [2.45, 2.75) is 6.92 Å². The Morgan fingerprint density at radius 2 is 0.768 bits per heavy atom. The predicted molar refractivity (Wildman–Crippen MR) is 234 cm³/mol. The van der Waals surface area contributed by atoms with Gasteiger partial charge in [0.2, 0.25) is 0 Å². The van der Waals surface area contributed by atoms with Crippen LogP contribution in [0.25, 0.3) is 33.4 Å². The molecule has 0 radical (unpaired) electrons. The molecule has 0 bridgehead atoms. The van der Waals surface area contributed by atoms with Crippen molar-refractivity contribution in [3.8, 4) is 22.3 Å². The monoisotopic (exact) mass is 713 g/mol. The summed E-state index contributed by atoms with van der Waals surface area (Å²) in [5.41, 5.74) is 12.5. The van der Waals surface area contributed by atoms with E-state index in [2.05, 4.69) is 218 Å². The molecule has 2 aliphatic carbocycles. The first-order valence-electron chi connectivity index (χ1n) is 19.3. The van der Waals surface area contributed by atoms with Crippen LogP contribution in [0.15, 0.2) is 213 Å². The molecule has 0 spiro atoms. The fourth-order valence-electron chi connectivity index (χ4n) is 8.77. The van der Waals surface area contributed by atoms with E-state index in [0.29, 0.717) is 0 Å². The van der Waals surface area contributed by atoms with Gasteiger partial charge in [0, 0.05) is 17.1 Å². The van der Waals surface area contributed by atoms with Crippen LogP contribution in [-0.2, 0) is 0 Å². The standard InChI is InChI=1S/C55H39N/c1-3-4-20-42-37(2)41-21-8-9-22-43(41)44-23-10-14-28-49(44)52-33-31-39(35-54(42)52)56(38-18-6-5-7-19-38)40-32-34-53-50-29-15-13-26-47(50)45-24-11-12-25-46(45)48-27-16-17-30-51(48)55(53)36-40/h3-36H,2H2,1H3. The van der Waals surface area contributed by atoms with Crippen molar-refractivity contribution in [3.05, 3.63) is 266 Å². The predicted octanol–water partition coefficient (Wildman–Crippen LogP) is 13.9.